The molecule has 162 valence electrons. The van der Waals surface area contributed by atoms with E-state index in [2.05, 4.69) is 24.0 Å². The molecule has 1 N–H and O–H groups in total. The third-order valence-electron chi connectivity index (χ3n) is 5.46. The van der Waals surface area contributed by atoms with Crippen molar-refractivity contribution in [3.8, 4) is 11.1 Å². The SMILES string of the molecule is C=CCOC(=O)C(C)C[C@H](NC(=O)OCC1c2ccccc2-c2ccccc21)C(C)=O. The first-order chi connectivity index (χ1) is 14.9. The highest BCUT2D eigenvalue weighted by Crippen LogP contribution is 2.44. The van der Waals surface area contributed by atoms with E-state index in [1.54, 1.807) is 6.92 Å². The van der Waals surface area contributed by atoms with Crippen molar-refractivity contribution in [1.29, 1.82) is 0 Å². The molecule has 0 heterocycles. The summed E-state index contributed by atoms with van der Waals surface area (Å²) in [5, 5.41) is 2.59. The molecule has 6 nitrogen and oxygen atoms in total. The summed E-state index contributed by atoms with van der Waals surface area (Å²) < 4.78 is 10.5. The Hall–Kier alpha value is -3.41. The average Bonchev–Trinajstić information content (AvgIpc) is 3.09. The maximum absolute atomic E-state index is 12.4. The van der Waals surface area contributed by atoms with Crippen molar-refractivity contribution < 1.29 is 23.9 Å². The van der Waals surface area contributed by atoms with Gasteiger partial charge in [0.1, 0.15) is 13.2 Å². The van der Waals surface area contributed by atoms with Crippen molar-refractivity contribution in [2.24, 2.45) is 5.92 Å². The Kier molecular flexibility index (Phi) is 7.23. The second-order valence-electron chi connectivity index (χ2n) is 7.69. The van der Waals surface area contributed by atoms with E-state index in [-0.39, 0.29) is 31.3 Å². The van der Waals surface area contributed by atoms with Crippen LogP contribution in [-0.4, -0.2) is 37.1 Å². The standard InChI is InChI=1S/C25H27NO5/c1-4-13-30-24(28)16(2)14-23(17(3)27)26-25(29)31-15-22-20-11-7-5-9-18(20)19-10-6-8-12-21(19)22/h4-12,16,22-23H,1,13-15H2,2-3H3,(H,26,29)/t16?,23-/m0/s1. The maximum atomic E-state index is 12.4. The topological polar surface area (TPSA) is 81.7 Å². The fourth-order valence-electron chi connectivity index (χ4n) is 3.84. The van der Waals surface area contributed by atoms with Gasteiger partial charge >= 0.3 is 12.1 Å². The van der Waals surface area contributed by atoms with Crippen LogP contribution in [0.3, 0.4) is 0 Å². The number of esters is 1. The largest absolute Gasteiger partial charge is 0.461 e. The molecule has 0 spiro atoms. The number of nitrogens with one attached hydrogen (secondary N) is 1. The molecular weight excluding hydrogens is 394 g/mol. The normalized spacial score (nSPS) is 14.0. The number of rotatable bonds is 9. The second-order valence-corrected chi connectivity index (χ2v) is 7.69. The Balaban J connectivity index is 1.62. The van der Waals surface area contributed by atoms with Crippen LogP contribution in [-0.2, 0) is 19.1 Å². The second kappa shape index (κ2) is 10.1. The van der Waals surface area contributed by atoms with Crippen LogP contribution in [0, 0.1) is 5.92 Å². The molecular formula is C25H27NO5. The minimum atomic E-state index is -0.832. The van der Waals surface area contributed by atoms with Gasteiger partial charge in [-0.2, -0.15) is 0 Å². The van der Waals surface area contributed by atoms with Gasteiger partial charge in [0, 0.05) is 5.92 Å². The molecule has 0 fully saturated rings. The van der Waals surface area contributed by atoms with Gasteiger partial charge in [-0.3, -0.25) is 9.59 Å². The molecule has 0 saturated heterocycles. The summed E-state index contributed by atoms with van der Waals surface area (Å²) in [6, 6.07) is 15.3. The highest BCUT2D eigenvalue weighted by molar-refractivity contribution is 5.86. The molecule has 1 unspecified atom stereocenters. The zero-order valence-electron chi connectivity index (χ0n) is 17.8. The number of ether oxygens (including phenoxy) is 2. The number of Topliss-reactive ketones (excluding diaryl/α,β-unsaturated/α-hetero) is 1. The summed E-state index contributed by atoms with van der Waals surface area (Å²) in [6.45, 7) is 6.78. The van der Waals surface area contributed by atoms with E-state index in [4.69, 9.17) is 9.47 Å². The quantitative estimate of drug-likeness (QED) is 0.484. The molecule has 0 aromatic heterocycles. The third-order valence-corrected chi connectivity index (χ3v) is 5.46. The first kappa shape index (κ1) is 22.3. The highest BCUT2D eigenvalue weighted by Gasteiger charge is 2.30. The summed E-state index contributed by atoms with van der Waals surface area (Å²) in [5.41, 5.74) is 4.50. The number of hydrogen-bond donors (Lipinski definition) is 1. The number of amides is 1. The van der Waals surface area contributed by atoms with Crippen molar-refractivity contribution in [1.82, 2.24) is 5.32 Å². The van der Waals surface area contributed by atoms with Gasteiger partial charge in [-0.05, 0) is 35.6 Å². The number of carbonyl (C=O) groups is 3. The Morgan fingerprint density at radius 2 is 1.61 bits per heavy atom. The molecule has 6 heteroatoms. The molecule has 2 aromatic rings. The van der Waals surface area contributed by atoms with Gasteiger partial charge < -0.3 is 14.8 Å². The number of carbonyl (C=O) groups excluding carboxylic acids is 3. The van der Waals surface area contributed by atoms with Crippen molar-refractivity contribution in [3.63, 3.8) is 0 Å². The summed E-state index contributed by atoms with van der Waals surface area (Å²) in [5.74, 6) is -1.32. The molecule has 1 amide bonds. The van der Waals surface area contributed by atoms with E-state index in [1.807, 2.05) is 36.4 Å². The van der Waals surface area contributed by atoms with E-state index in [1.165, 1.54) is 13.0 Å². The Bertz CT molecular complexity index is 938. The molecule has 2 aromatic carbocycles. The molecule has 2 atom stereocenters. The molecule has 31 heavy (non-hydrogen) atoms. The minimum Gasteiger partial charge on any atom is -0.461 e. The summed E-state index contributed by atoms with van der Waals surface area (Å²) in [6.07, 6.45) is 0.922. The monoisotopic (exact) mass is 421 g/mol. The Morgan fingerprint density at radius 3 is 2.16 bits per heavy atom. The summed E-state index contributed by atoms with van der Waals surface area (Å²) >= 11 is 0. The molecule has 0 radical (unpaired) electrons. The average molecular weight is 421 g/mol. The number of benzene rings is 2. The summed E-state index contributed by atoms with van der Waals surface area (Å²) in [4.78, 5) is 36.4. The van der Waals surface area contributed by atoms with Crippen LogP contribution in [0.4, 0.5) is 4.79 Å². The predicted octanol–water partition coefficient (Wildman–Crippen LogP) is 4.24. The van der Waals surface area contributed by atoms with Gasteiger partial charge in [-0.25, -0.2) is 4.79 Å². The fourth-order valence-corrected chi connectivity index (χ4v) is 3.84. The number of hydrogen-bond acceptors (Lipinski definition) is 5. The van der Waals surface area contributed by atoms with Gasteiger partial charge in [-0.15, -0.1) is 0 Å². The van der Waals surface area contributed by atoms with Gasteiger partial charge in [0.25, 0.3) is 0 Å². The van der Waals surface area contributed by atoms with E-state index in [0.29, 0.717) is 0 Å². The molecule has 0 aliphatic heterocycles. The van der Waals surface area contributed by atoms with Gasteiger partial charge in [0.15, 0.2) is 5.78 Å². The smallest absolute Gasteiger partial charge is 0.407 e. The first-order valence-electron chi connectivity index (χ1n) is 10.3. The number of alkyl carbamates (subject to hydrolysis) is 1. The first-order valence-corrected chi connectivity index (χ1v) is 10.3. The van der Waals surface area contributed by atoms with Crippen molar-refractivity contribution >= 4 is 17.8 Å². The Labute approximate surface area is 182 Å². The van der Waals surface area contributed by atoms with Crippen molar-refractivity contribution in [2.45, 2.75) is 32.2 Å². The van der Waals surface area contributed by atoms with E-state index < -0.39 is 24.0 Å². The molecule has 0 saturated carbocycles. The van der Waals surface area contributed by atoms with Crippen LogP contribution in [0.15, 0.2) is 61.2 Å². The number of ketones is 1. The van der Waals surface area contributed by atoms with Crippen LogP contribution in [0.5, 0.6) is 0 Å². The van der Waals surface area contributed by atoms with Gasteiger partial charge in [0.05, 0.1) is 12.0 Å². The van der Waals surface area contributed by atoms with E-state index in [0.717, 1.165) is 22.3 Å². The minimum absolute atomic E-state index is 0.0678. The van der Waals surface area contributed by atoms with Crippen molar-refractivity contribution in [3.05, 3.63) is 72.3 Å². The lowest BCUT2D eigenvalue weighted by atomic mass is 9.98. The predicted molar refractivity (Wildman–Crippen MR) is 118 cm³/mol. The fraction of sp³-hybridized carbons (Fsp3) is 0.320. The van der Waals surface area contributed by atoms with Crippen LogP contribution in [0.2, 0.25) is 0 Å². The highest BCUT2D eigenvalue weighted by atomic mass is 16.5. The lowest BCUT2D eigenvalue weighted by Crippen LogP contribution is -2.42. The van der Waals surface area contributed by atoms with E-state index >= 15 is 0 Å². The Morgan fingerprint density at radius 1 is 1.03 bits per heavy atom. The lowest BCUT2D eigenvalue weighted by molar-refractivity contribution is -0.147. The zero-order valence-corrected chi connectivity index (χ0v) is 17.8. The van der Waals surface area contributed by atoms with Crippen LogP contribution < -0.4 is 5.32 Å². The summed E-state index contributed by atoms with van der Waals surface area (Å²) in [7, 11) is 0. The molecule has 1 aliphatic rings. The van der Waals surface area contributed by atoms with E-state index in [9.17, 15) is 14.4 Å². The maximum Gasteiger partial charge on any atom is 0.407 e. The van der Waals surface area contributed by atoms with Crippen LogP contribution in [0.1, 0.15) is 37.3 Å². The van der Waals surface area contributed by atoms with Gasteiger partial charge in [-0.1, -0.05) is 68.1 Å². The molecule has 1 aliphatic carbocycles. The van der Waals surface area contributed by atoms with Crippen LogP contribution >= 0.6 is 0 Å². The number of fused-ring (bicyclic) bond motifs is 3. The molecule has 0 bridgehead atoms. The van der Waals surface area contributed by atoms with Crippen molar-refractivity contribution in [2.75, 3.05) is 13.2 Å². The third kappa shape index (κ3) is 5.20. The zero-order chi connectivity index (χ0) is 22.4. The lowest BCUT2D eigenvalue weighted by Gasteiger charge is -2.20. The van der Waals surface area contributed by atoms with Crippen LogP contribution in [0.25, 0.3) is 11.1 Å². The van der Waals surface area contributed by atoms with Gasteiger partial charge in [0.2, 0.25) is 0 Å². The molecule has 3 rings (SSSR count).